The molecule has 1 fully saturated rings. The fourth-order valence-corrected chi connectivity index (χ4v) is 2.16. The molecule has 17 heavy (non-hydrogen) atoms. The Morgan fingerprint density at radius 3 is 2.82 bits per heavy atom. The van der Waals surface area contributed by atoms with E-state index in [1.807, 2.05) is 4.90 Å². The molecule has 2 unspecified atom stereocenters. The van der Waals surface area contributed by atoms with Gasteiger partial charge >= 0.3 is 0 Å². The molecule has 0 radical (unpaired) electrons. The highest BCUT2D eigenvalue weighted by atomic mass is 35.5. The molecule has 1 N–H and O–H groups in total. The summed E-state index contributed by atoms with van der Waals surface area (Å²) in [4.78, 5) is 13.9. The lowest BCUT2D eigenvalue weighted by Crippen LogP contribution is -2.49. The molecule has 102 valence electrons. The number of likely N-dealkylation sites (tertiary alicyclic amines) is 1. The first kappa shape index (κ1) is 16.7. The predicted molar refractivity (Wildman–Crippen MR) is 71.6 cm³/mol. The van der Waals surface area contributed by atoms with Crippen molar-refractivity contribution in [2.24, 2.45) is 5.92 Å². The minimum atomic E-state index is 0. The number of piperidine rings is 1. The van der Waals surface area contributed by atoms with Gasteiger partial charge in [0.2, 0.25) is 5.91 Å². The minimum absolute atomic E-state index is 0. The van der Waals surface area contributed by atoms with Crippen LogP contribution in [0.15, 0.2) is 0 Å². The zero-order chi connectivity index (χ0) is 12.0. The van der Waals surface area contributed by atoms with Crippen molar-refractivity contribution in [3.63, 3.8) is 0 Å². The smallest absolute Gasteiger partial charge is 0.236 e. The van der Waals surface area contributed by atoms with Crippen molar-refractivity contribution in [1.29, 1.82) is 0 Å². The largest absolute Gasteiger partial charge is 0.383 e. The molecule has 0 aromatic rings. The van der Waals surface area contributed by atoms with E-state index >= 15 is 0 Å². The molecule has 1 heterocycles. The molecule has 0 saturated carbocycles. The normalized spacial score (nSPS) is 24.3. The van der Waals surface area contributed by atoms with Crippen LogP contribution in [0.25, 0.3) is 0 Å². The third kappa shape index (κ3) is 5.23. The van der Waals surface area contributed by atoms with Crippen molar-refractivity contribution in [3.8, 4) is 0 Å². The average molecular weight is 265 g/mol. The van der Waals surface area contributed by atoms with Crippen LogP contribution >= 0.6 is 12.4 Å². The van der Waals surface area contributed by atoms with Crippen LogP contribution in [0.2, 0.25) is 0 Å². The molecular weight excluding hydrogens is 240 g/mol. The lowest BCUT2D eigenvalue weighted by atomic mass is 9.92. The maximum absolute atomic E-state index is 11.9. The number of nitrogens with one attached hydrogen (secondary N) is 1. The van der Waals surface area contributed by atoms with Crippen LogP contribution in [-0.4, -0.2) is 50.2 Å². The van der Waals surface area contributed by atoms with E-state index in [2.05, 4.69) is 19.2 Å². The first-order valence-electron chi connectivity index (χ1n) is 6.16. The summed E-state index contributed by atoms with van der Waals surface area (Å²) in [6, 6.07) is 0.380. The van der Waals surface area contributed by atoms with Gasteiger partial charge in [0, 0.05) is 26.2 Å². The summed E-state index contributed by atoms with van der Waals surface area (Å²) in [5, 5.41) is 3.10. The second kappa shape index (κ2) is 8.72. The summed E-state index contributed by atoms with van der Waals surface area (Å²) in [6.45, 7) is 7.11. The third-order valence-corrected chi connectivity index (χ3v) is 3.45. The van der Waals surface area contributed by atoms with Gasteiger partial charge in [0.05, 0.1) is 13.2 Å². The molecule has 0 bridgehead atoms. The predicted octanol–water partition coefficient (Wildman–Crippen LogP) is 1.29. The van der Waals surface area contributed by atoms with Crippen molar-refractivity contribution in [2.45, 2.75) is 32.7 Å². The van der Waals surface area contributed by atoms with Crippen LogP contribution in [0.3, 0.4) is 0 Å². The standard InChI is InChI=1S/C12H24N2O2.ClH/c1-10-5-4-7-14(11(10)2)12(15)9-13-6-8-16-3;/h10-11,13H,4-9H2,1-3H3;1H. The van der Waals surface area contributed by atoms with Gasteiger partial charge in [-0.3, -0.25) is 4.79 Å². The fraction of sp³-hybridized carbons (Fsp3) is 0.917. The molecule has 0 aromatic heterocycles. The van der Waals surface area contributed by atoms with Gasteiger partial charge in [-0.2, -0.15) is 0 Å². The van der Waals surface area contributed by atoms with E-state index in [1.54, 1.807) is 7.11 Å². The summed E-state index contributed by atoms with van der Waals surface area (Å²) in [5.41, 5.74) is 0. The average Bonchev–Trinajstić information content (AvgIpc) is 2.28. The molecule has 2 atom stereocenters. The van der Waals surface area contributed by atoms with Crippen LogP contribution < -0.4 is 5.32 Å². The number of nitrogens with zero attached hydrogens (tertiary/aromatic N) is 1. The topological polar surface area (TPSA) is 41.6 Å². The zero-order valence-corrected chi connectivity index (χ0v) is 11.9. The Kier molecular flexibility index (Phi) is 8.56. The SMILES string of the molecule is COCCNCC(=O)N1CCCC(C)C1C.Cl. The van der Waals surface area contributed by atoms with Crippen molar-refractivity contribution in [2.75, 3.05) is 33.4 Å². The first-order chi connectivity index (χ1) is 7.66. The van der Waals surface area contributed by atoms with Crippen molar-refractivity contribution in [1.82, 2.24) is 10.2 Å². The van der Waals surface area contributed by atoms with E-state index in [9.17, 15) is 4.79 Å². The van der Waals surface area contributed by atoms with Gasteiger partial charge in [-0.05, 0) is 25.7 Å². The molecule has 0 spiro atoms. The molecule has 1 aliphatic heterocycles. The second-order valence-corrected chi connectivity index (χ2v) is 4.62. The number of carbonyl (C=O) groups excluding carboxylic acids is 1. The highest BCUT2D eigenvalue weighted by Gasteiger charge is 2.27. The third-order valence-electron chi connectivity index (χ3n) is 3.45. The first-order valence-corrected chi connectivity index (χ1v) is 6.16. The summed E-state index contributed by atoms with van der Waals surface area (Å²) >= 11 is 0. The molecule has 0 aliphatic carbocycles. The van der Waals surface area contributed by atoms with E-state index in [0.29, 0.717) is 25.1 Å². The quantitative estimate of drug-likeness (QED) is 0.761. The van der Waals surface area contributed by atoms with Crippen LogP contribution in [0.4, 0.5) is 0 Å². The Hall–Kier alpha value is -0.320. The number of carbonyl (C=O) groups is 1. The monoisotopic (exact) mass is 264 g/mol. The Morgan fingerprint density at radius 1 is 1.47 bits per heavy atom. The van der Waals surface area contributed by atoms with Gasteiger partial charge in [-0.1, -0.05) is 6.92 Å². The molecule has 1 saturated heterocycles. The number of rotatable bonds is 5. The van der Waals surface area contributed by atoms with Crippen molar-refractivity contribution in [3.05, 3.63) is 0 Å². The van der Waals surface area contributed by atoms with Crippen LogP contribution in [0, 0.1) is 5.92 Å². The molecule has 5 heteroatoms. The van der Waals surface area contributed by atoms with Gasteiger partial charge in [0.25, 0.3) is 0 Å². The number of hydrogen-bond donors (Lipinski definition) is 1. The van der Waals surface area contributed by atoms with Gasteiger partial charge in [0.1, 0.15) is 0 Å². The second-order valence-electron chi connectivity index (χ2n) is 4.62. The maximum atomic E-state index is 11.9. The Labute approximate surface area is 110 Å². The highest BCUT2D eigenvalue weighted by molar-refractivity contribution is 5.85. The van der Waals surface area contributed by atoms with Crippen LogP contribution in [-0.2, 0) is 9.53 Å². The number of methoxy groups -OCH3 is 1. The molecule has 4 nitrogen and oxygen atoms in total. The summed E-state index contributed by atoms with van der Waals surface area (Å²) in [5.74, 6) is 0.840. The Bertz CT molecular complexity index is 227. The lowest BCUT2D eigenvalue weighted by Gasteiger charge is -2.38. The van der Waals surface area contributed by atoms with Crippen molar-refractivity contribution < 1.29 is 9.53 Å². The molecule has 1 rings (SSSR count). The lowest BCUT2D eigenvalue weighted by molar-refractivity contribution is -0.134. The molecule has 1 amide bonds. The van der Waals surface area contributed by atoms with Gasteiger partial charge in [-0.25, -0.2) is 0 Å². The minimum Gasteiger partial charge on any atom is -0.383 e. The Balaban J connectivity index is 0.00000256. The maximum Gasteiger partial charge on any atom is 0.236 e. The highest BCUT2D eigenvalue weighted by Crippen LogP contribution is 2.22. The van der Waals surface area contributed by atoms with Crippen LogP contribution in [0.5, 0.6) is 0 Å². The number of hydrogen-bond acceptors (Lipinski definition) is 3. The van der Waals surface area contributed by atoms with Gasteiger partial charge < -0.3 is 15.0 Å². The number of amides is 1. The van der Waals surface area contributed by atoms with Crippen LogP contribution in [0.1, 0.15) is 26.7 Å². The summed E-state index contributed by atoms with van der Waals surface area (Å²) in [6.07, 6.45) is 2.37. The van der Waals surface area contributed by atoms with E-state index in [0.717, 1.165) is 19.5 Å². The number of ether oxygens (including phenoxy) is 1. The molecule has 0 aromatic carbocycles. The Morgan fingerprint density at radius 2 is 2.18 bits per heavy atom. The summed E-state index contributed by atoms with van der Waals surface area (Å²) in [7, 11) is 1.66. The fourth-order valence-electron chi connectivity index (χ4n) is 2.16. The molecule has 1 aliphatic rings. The zero-order valence-electron chi connectivity index (χ0n) is 11.1. The number of halogens is 1. The van der Waals surface area contributed by atoms with Gasteiger partial charge in [0.15, 0.2) is 0 Å². The van der Waals surface area contributed by atoms with E-state index in [1.165, 1.54) is 6.42 Å². The molecular formula is C12H25ClN2O2. The van der Waals surface area contributed by atoms with E-state index in [-0.39, 0.29) is 18.3 Å². The van der Waals surface area contributed by atoms with E-state index in [4.69, 9.17) is 4.74 Å². The van der Waals surface area contributed by atoms with E-state index < -0.39 is 0 Å². The van der Waals surface area contributed by atoms with Gasteiger partial charge in [-0.15, -0.1) is 12.4 Å². The van der Waals surface area contributed by atoms with Crippen molar-refractivity contribution >= 4 is 18.3 Å². The summed E-state index contributed by atoms with van der Waals surface area (Å²) < 4.78 is 4.92.